The first kappa shape index (κ1) is 13.8. The van der Waals surface area contributed by atoms with Gasteiger partial charge in [-0.25, -0.2) is 9.78 Å². The molecule has 0 aliphatic heterocycles. The number of aromatic carboxylic acids is 1. The van der Waals surface area contributed by atoms with Crippen LogP contribution >= 0.6 is 27.5 Å². The third-order valence-electron chi connectivity index (χ3n) is 2.47. The highest BCUT2D eigenvalue weighted by Crippen LogP contribution is 2.19. The van der Waals surface area contributed by atoms with Crippen LogP contribution in [0.15, 0.2) is 40.9 Å². The van der Waals surface area contributed by atoms with Gasteiger partial charge in [-0.2, -0.15) is 0 Å². The monoisotopic (exact) mass is 340 g/mol. The van der Waals surface area contributed by atoms with Gasteiger partial charge < -0.3 is 10.4 Å². The molecule has 19 heavy (non-hydrogen) atoms. The third-order valence-corrected chi connectivity index (χ3v) is 3.54. The van der Waals surface area contributed by atoms with Crippen LogP contribution in [0.5, 0.6) is 0 Å². The standard InChI is InChI=1S/C13H10BrClN2O2/c14-9-4-2-1-3-8(9)7-16-11-6-5-10(15)12(17-11)13(18)19/h1-6H,7H2,(H,16,17)(H,18,19). The number of anilines is 1. The van der Waals surface area contributed by atoms with Crippen LogP contribution in [0.4, 0.5) is 5.82 Å². The molecule has 1 aromatic carbocycles. The highest BCUT2D eigenvalue weighted by atomic mass is 79.9. The number of hydrogen-bond donors (Lipinski definition) is 2. The first-order valence-electron chi connectivity index (χ1n) is 5.45. The minimum absolute atomic E-state index is 0.124. The maximum atomic E-state index is 10.9. The second-order valence-electron chi connectivity index (χ2n) is 3.78. The predicted molar refractivity (Wildman–Crippen MR) is 77.7 cm³/mol. The van der Waals surface area contributed by atoms with Crippen LogP contribution in [-0.4, -0.2) is 16.1 Å². The molecule has 2 rings (SSSR count). The van der Waals surface area contributed by atoms with Crippen LogP contribution in [-0.2, 0) is 6.54 Å². The van der Waals surface area contributed by atoms with E-state index in [1.807, 2.05) is 24.3 Å². The normalized spacial score (nSPS) is 10.2. The summed E-state index contributed by atoms with van der Waals surface area (Å²) >= 11 is 9.20. The quantitative estimate of drug-likeness (QED) is 0.888. The number of carbonyl (C=O) groups is 1. The Kier molecular flexibility index (Phi) is 4.39. The van der Waals surface area contributed by atoms with Gasteiger partial charge in [-0.3, -0.25) is 0 Å². The van der Waals surface area contributed by atoms with Crippen LogP contribution in [0.25, 0.3) is 0 Å². The van der Waals surface area contributed by atoms with Crippen molar-refractivity contribution in [1.82, 2.24) is 4.98 Å². The fraction of sp³-hybridized carbons (Fsp3) is 0.0769. The summed E-state index contributed by atoms with van der Waals surface area (Å²) in [6.07, 6.45) is 0. The van der Waals surface area contributed by atoms with Gasteiger partial charge in [0.2, 0.25) is 0 Å². The zero-order valence-electron chi connectivity index (χ0n) is 9.73. The van der Waals surface area contributed by atoms with Gasteiger partial charge in [0.05, 0.1) is 5.02 Å². The van der Waals surface area contributed by atoms with Crippen molar-refractivity contribution in [2.45, 2.75) is 6.54 Å². The van der Waals surface area contributed by atoms with E-state index in [0.29, 0.717) is 12.4 Å². The van der Waals surface area contributed by atoms with Crippen LogP contribution < -0.4 is 5.32 Å². The van der Waals surface area contributed by atoms with E-state index < -0.39 is 5.97 Å². The molecule has 0 atom stereocenters. The second-order valence-corrected chi connectivity index (χ2v) is 5.04. The summed E-state index contributed by atoms with van der Waals surface area (Å²) < 4.78 is 0.981. The lowest BCUT2D eigenvalue weighted by molar-refractivity contribution is 0.0691. The van der Waals surface area contributed by atoms with Crippen LogP contribution in [0, 0.1) is 0 Å². The molecule has 2 aromatic rings. The lowest BCUT2D eigenvalue weighted by Crippen LogP contribution is -2.07. The van der Waals surface area contributed by atoms with Crippen LogP contribution in [0.2, 0.25) is 5.02 Å². The number of pyridine rings is 1. The van der Waals surface area contributed by atoms with Crippen LogP contribution in [0.3, 0.4) is 0 Å². The number of aromatic nitrogens is 1. The van der Waals surface area contributed by atoms with E-state index >= 15 is 0 Å². The lowest BCUT2D eigenvalue weighted by Gasteiger charge is -2.08. The molecule has 0 amide bonds. The van der Waals surface area contributed by atoms with Gasteiger partial charge in [0.25, 0.3) is 0 Å². The smallest absolute Gasteiger partial charge is 0.356 e. The van der Waals surface area contributed by atoms with E-state index in [2.05, 4.69) is 26.2 Å². The number of hydrogen-bond acceptors (Lipinski definition) is 3. The van der Waals surface area contributed by atoms with Crippen molar-refractivity contribution in [3.8, 4) is 0 Å². The third kappa shape index (κ3) is 3.45. The summed E-state index contributed by atoms with van der Waals surface area (Å²) in [7, 11) is 0. The lowest BCUT2D eigenvalue weighted by atomic mass is 10.2. The number of rotatable bonds is 4. The van der Waals surface area contributed by atoms with E-state index in [0.717, 1.165) is 10.0 Å². The van der Waals surface area contributed by atoms with Gasteiger partial charge in [-0.1, -0.05) is 45.7 Å². The molecule has 98 valence electrons. The Hall–Kier alpha value is -1.59. The van der Waals surface area contributed by atoms with Crippen LogP contribution in [0.1, 0.15) is 16.1 Å². The largest absolute Gasteiger partial charge is 0.476 e. The molecule has 0 radical (unpaired) electrons. The van der Waals surface area contributed by atoms with Gasteiger partial charge in [-0.05, 0) is 23.8 Å². The number of carboxylic acid groups (broad SMARTS) is 1. The van der Waals surface area contributed by atoms with E-state index in [-0.39, 0.29) is 10.7 Å². The molecule has 6 heteroatoms. The van der Waals surface area contributed by atoms with Gasteiger partial charge in [0.15, 0.2) is 5.69 Å². The Labute approximate surface area is 123 Å². The highest BCUT2D eigenvalue weighted by molar-refractivity contribution is 9.10. The topological polar surface area (TPSA) is 62.2 Å². The molecular weight excluding hydrogens is 332 g/mol. The summed E-state index contributed by atoms with van der Waals surface area (Å²) in [6.45, 7) is 0.537. The molecule has 0 saturated carbocycles. The van der Waals surface area contributed by atoms with Crippen molar-refractivity contribution in [2.75, 3.05) is 5.32 Å². The Balaban J connectivity index is 2.14. The summed E-state index contributed by atoms with van der Waals surface area (Å²) in [5.74, 6) is -0.674. The van der Waals surface area contributed by atoms with Gasteiger partial charge in [0, 0.05) is 11.0 Å². The van der Waals surface area contributed by atoms with E-state index in [1.54, 1.807) is 6.07 Å². The van der Waals surface area contributed by atoms with Crippen molar-refractivity contribution in [3.05, 3.63) is 57.2 Å². The number of carboxylic acids is 1. The minimum Gasteiger partial charge on any atom is -0.476 e. The average molecular weight is 342 g/mol. The molecule has 0 aliphatic carbocycles. The van der Waals surface area contributed by atoms with Gasteiger partial charge in [0.1, 0.15) is 5.82 Å². The SMILES string of the molecule is O=C(O)c1nc(NCc2ccccc2Br)ccc1Cl. The van der Waals surface area contributed by atoms with Gasteiger partial charge in [-0.15, -0.1) is 0 Å². The Morgan fingerprint density at radius 1 is 1.32 bits per heavy atom. The molecule has 2 N–H and O–H groups in total. The van der Waals surface area contributed by atoms with E-state index in [9.17, 15) is 4.79 Å². The van der Waals surface area contributed by atoms with E-state index in [1.165, 1.54) is 6.07 Å². The number of nitrogens with one attached hydrogen (secondary N) is 1. The summed E-state index contributed by atoms with van der Waals surface area (Å²) in [6, 6.07) is 10.9. The molecule has 4 nitrogen and oxygen atoms in total. The molecule has 0 aliphatic rings. The first-order valence-corrected chi connectivity index (χ1v) is 6.62. The number of nitrogens with zero attached hydrogens (tertiary/aromatic N) is 1. The molecule has 1 aromatic heterocycles. The predicted octanol–water partition coefficient (Wildman–Crippen LogP) is 3.81. The molecular formula is C13H10BrClN2O2. The zero-order chi connectivity index (χ0) is 13.8. The van der Waals surface area contributed by atoms with Crippen molar-refractivity contribution in [3.63, 3.8) is 0 Å². The van der Waals surface area contributed by atoms with Crippen molar-refractivity contribution < 1.29 is 9.90 Å². The van der Waals surface area contributed by atoms with Crippen molar-refractivity contribution in [2.24, 2.45) is 0 Å². The molecule has 0 bridgehead atoms. The summed E-state index contributed by atoms with van der Waals surface area (Å²) in [4.78, 5) is 14.9. The summed E-state index contributed by atoms with van der Waals surface area (Å²) in [5.41, 5.74) is 0.898. The van der Waals surface area contributed by atoms with Crippen molar-refractivity contribution >= 4 is 39.3 Å². The number of halogens is 2. The number of benzene rings is 1. The fourth-order valence-electron chi connectivity index (χ4n) is 1.52. The van der Waals surface area contributed by atoms with E-state index in [4.69, 9.17) is 16.7 Å². The molecule has 0 fully saturated rings. The molecule has 0 spiro atoms. The average Bonchev–Trinajstić information content (AvgIpc) is 2.39. The zero-order valence-corrected chi connectivity index (χ0v) is 12.1. The first-order chi connectivity index (χ1) is 9.08. The molecule has 0 saturated heterocycles. The minimum atomic E-state index is -1.14. The Morgan fingerprint density at radius 3 is 2.74 bits per heavy atom. The highest BCUT2D eigenvalue weighted by Gasteiger charge is 2.11. The Morgan fingerprint density at radius 2 is 2.05 bits per heavy atom. The molecule has 0 unspecified atom stereocenters. The van der Waals surface area contributed by atoms with Crippen molar-refractivity contribution in [1.29, 1.82) is 0 Å². The van der Waals surface area contributed by atoms with Gasteiger partial charge >= 0.3 is 5.97 Å². The molecule has 1 heterocycles. The fourth-order valence-corrected chi connectivity index (χ4v) is 2.13. The maximum Gasteiger partial charge on any atom is 0.356 e. The Bertz CT molecular complexity index is 619. The second kappa shape index (κ2) is 6.04. The maximum absolute atomic E-state index is 10.9. The summed E-state index contributed by atoms with van der Waals surface area (Å²) in [5, 5.41) is 12.1.